The molecule has 17 heavy (non-hydrogen) atoms. The molecule has 88 valence electrons. The molecule has 2 aromatic heterocycles. The fourth-order valence-corrected chi connectivity index (χ4v) is 1.52. The van der Waals surface area contributed by atoms with Crippen LogP contribution in [0.5, 0.6) is 0 Å². The predicted molar refractivity (Wildman–Crippen MR) is 60.0 cm³/mol. The van der Waals surface area contributed by atoms with E-state index in [0.717, 1.165) is 5.56 Å². The number of aryl methyl sites for hydroxylation is 1. The first-order chi connectivity index (χ1) is 8.22. The summed E-state index contributed by atoms with van der Waals surface area (Å²) >= 11 is 0. The van der Waals surface area contributed by atoms with Crippen molar-refractivity contribution < 1.29 is 9.18 Å². The van der Waals surface area contributed by atoms with Crippen LogP contribution in [-0.2, 0) is 6.54 Å². The topological polar surface area (TPSA) is 73.8 Å². The smallest absolute Gasteiger partial charge is 0.266 e. The van der Waals surface area contributed by atoms with E-state index in [1.54, 1.807) is 24.5 Å². The number of carbonyl (C=O) groups excluding carboxylic acids is 1. The maximum atomic E-state index is 12.3. The van der Waals surface area contributed by atoms with Gasteiger partial charge in [0.15, 0.2) is 0 Å². The molecule has 1 amide bonds. The molecule has 0 saturated carbocycles. The summed E-state index contributed by atoms with van der Waals surface area (Å²) in [5.74, 6) is -0.624. The average Bonchev–Trinajstić information content (AvgIpc) is 2.75. The van der Waals surface area contributed by atoms with Gasteiger partial charge in [0.1, 0.15) is 12.4 Å². The molecule has 0 aromatic carbocycles. The van der Waals surface area contributed by atoms with Gasteiger partial charge < -0.3 is 5.73 Å². The van der Waals surface area contributed by atoms with Gasteiger partial charge in [0.25, 0.3) is 5.91 Å². The Bertz CT molecular complexity index is 524. The van der Waals surface area contributed by atoms with Crippen molar-refractivity contribution in [3.05, 3.63) is 36.3 Å². The van der Waals surface area contributed by atoms with Gasteiger partial charge in [-0.2, -0.15) is 5.10 Å². The summed E-state index contributed by atoms with van der Waals surface area (Å²) in [6, 6.07) is 5.10. The molecule has 0 spiro atoms. The second kappa shape index (κ2) is 4.73. The van der Waals surface area contributed by atoms with Gasteiger partial charge >= 0.3 is 0 Å². The summed E-state index contributed by atoms with van der Waals surface area (Å²) in [6.07, 6.45) is 3.25. The van der Waals surface area contributed by atoms with E-state index < -0.39 is 12.6 Å². The molecule has 0 aliphatic carbocycles. The van der Waals surface area contributed by atoms with Gasteiger partial charge in [-0.05, 0) is 18.2 Å². The van der Waals surface area contributed by atoms with Crippen LogP contribution in [0.15, 0.2) is 30.6 Å². The van der Waals surface area contributed by atoms with Crippen molar-refractivity contribution in [3.63, 3.8) is 0 Å². The number of pyridine rings is 1. The number of carbonyl (C=O) groups is 1. The Kier molecular flexibility index (Phi) is 3.13. The Morgan fingerprint density at radius 3 is 2.94 bits per heavy atom. The number of hydrogen-bond acceptors (Lipinski definition) is 3. The molecular weight excluding hydrogens is 223 g/mol. The van der Waals surface area contributed by atoms with Gasteiger partial charge in [-0.25, -0.2) is 4.39 Å². The summed E-state index contributed by atoms with van der Waals surface area (Å²) in [5.41, 5.74) is 6.71. The molecule has 0 atom stereocenters. The van der Waals surface area contributed by atoms with E-state index in [1.807, 2.05) is 0 Å². The van der Waals surface area contributed by atoms with E-state index in [9.17, 15) is 9.18 Å². The maximum absolute atomic E-state index is 12.3. The maximum Gasteiger partial charge on any atom is 0.266 e. The Balaban J connectivity index is 2.44. The average molecular weight is 234 g/mol. The van der Waals surface area contributed by atoms with Crippen LogP contribution in [0.1, 0.15) is 10.5 Å². The molecular formula is C11H11FN4O. The monoisotopic (exact) mass is 234 g/mol. The van der Waals surface area contributed by atoms with Crippen LogP contribution in [0.2, 0.25) is 0 Å². The molecule has 2 N–H and O–H groups in total. The molecule has 0 radical (unpaired) electrons. The van der Waals surface area contributed by atoms with Gasteiger partial charge in [-0.1, -0.05) is 0 Å². The second-order valence-corrected chi connectivity index (χ2v) is 3.43. The zero-order valence-corrected chi connectivity index (χ0v) is 9.01. The number of aromatic nitrogens is 3. The van der Waals surface area contributed by atoms with Crippen molar-refractivity contribution in [3.8, 4) is 11.3 Å². The highest BCUT2D eigenvalue weighted by molar-refractivity contribution is 5.92. The number of nitrogens with zero attached hydrogens (tertiary/aromatic N) is 3. The molecule has 2 rings (SSSR count). The van der Waals surface area contributed by atoms with Crippen molar-refractivity contribution in [2.75, 3.05) is 6.67 Å². The van der Waals surface area contributed by atoms with E-state index in [0.29, 0.717) is 5.69 Å². The fraction of sp³-hybridized carbons (Fsp3) is 0.182. The first kappa shape index (κ1) is 11.3. The summed E-state index contributed by atoms with van der Waals surface area (Å²) in [5, 5.41) is 4.13. The quantitative estimate of drug-likeness (QED) is 0.858. The predicted octanol–water partition coefficient (Wildman–Crippen LogP) is 1.01. The van der Waals surface area contributed by atoms with Crippen molar-refractivity contribution in [1.82, 2.24) is 14.8 Å². The van der Waals surface area contributed by atoms with Gasteiger partial charge in [-0.3, -0.25) is 14.5 Å². The minimum atomic E-state index is -0.624. The molecule has 0 aliphatic heterocycles. The number of alkyl halides is 1. The summed E-state index contributed by atoms with van der Waals surface area (Å²) < 4.78 is 13.6. The normalized spacial score (nSPS) is 10.4. The van der Waals surface area contributed by atoms with Crippen LogP contribution in [0.25, 0.3) is 11.3 Å². The lowest BCUT2D eigenvalue weighted by atomic mass is 10.2. The molecule has 2 heterocycles. The standard InChI is InChI=1S/C11H11FN4O/c12-3-5-16-10(11(13)17)6-9(15-16)8-2-1-4-14-7-8/h1-2,4,6-7H,3,5H2,(H2,13,17). The van der Waals surface area contributed by atoms with Crippen molar-refractivity contribution in [1.29, 1.82) is 0 Å². The van der Waals surface area contributed by atoms with E-state index in [1.165, 1.54) is 10.7 Å². The minimum absolute atomic E-state index is 0.0124. The zero-order valence-electron chi connectivity index (χ0n) is 9.01. The summed E-state index contributed by atoms with van der Waals surface area (Å²) in [6.45, 7) is -0.590. The van der Waals surface area contributed by atoms with Gasteiger partial charge in [-0.15, -0.1) is 0 Å². The lowest BCUT2D eigenvalue weighted by molar-refractivity contribution is 0.0989. The molecule has 0 aliphatic rings. The first-order valence-corrected chi connectivity index (χ1v) is 5.06. The van der Waals surface area contributed by atoms with Crippen molar-refractivity contribution >= 4 is 5.91 Å². The molecule has 0 saturated heterocycles. The van der Waals surface area contributed by atoms with Crippen molar-refractivity contribution in [2.45, 2.75) is 6.54 Å². The van der Waals surface area contributed by atoms with Crippen molar-refractivity contribution in [2.24, 2.45) is 5.73 Å². The van der Waals surface area contributed by atoms with Crippen LogP contribution < -0.4 is 5.73 Å². The summed E-state index contributed by atoms with van der Waals surface area (Å²) in [7, 11) is 0. The Labute approximate surface area is 97.1 Å². The number of primary amides is 1. The SMILES string of the molecule is NC(=O)c1cc(-c2cccnc2)nn1CCF. The first-order valence-electron chi connectivity index (χ1n) is 5.06. The van der Waals surface area contributed by atoms with Gasteiger partial charge in [0.2, 0.25) is 0 Å². The minimum Gasteiger partial charge on any atom is -0.364 e. The lowest BCUT2D eigenvalue weighted by Crippen LogP contribution is -2.18. The van der Waals surface area contributed by atoms with Crippen LogP contribution in [0, 0.1) is 0 Å². The van der Waals surface area contributed by atoms with E-state index in [-0.39, 0.29) is 12.2 Å². The Morgan fingerprint density at radius 1 is 1.53 bits per heavy atom. The third-order valence-electron chi connectivity index (χ3n) is 2.29. The number of nitrogens with two attached hydrogens (primary N) is 1. The van der Waals surface area contributed by atoms with E-state index in [4.69, 9.17) is 5.73 Å². The molecule has 6 heteroatoms. The number of amides is 1. The van der Waals surface area contributed by atoms with Crippen LogP contribution >= 0.6 is 0 Å². The molecule has 2 aromatic rings. The van der Waals surface area contributed by atoms with E-state index >= 15 is 0 Å². The van der Waals surface area contributed by atoms with Gasteiger partial charge in [0.05, 0.1) is 12.2 Å². The molecule has 0 fully saturated rings. The zero-order chi connectivity index (χ0) is 12.3. The van der Waals surface area contributed by atoms with Crippen LogP contribution in [0.3, 0.4) is 0 Å². The second-order valence-electron chi connectivity index (χ2n) is 3.43. The third-order valence-corrected chi connectivity index (χ3v) is 2.29. The molecule has 0 unspecified atom stereocenters. The number of hydrogen-bond donors (Lipinski definition) is 1. The van der Waals surface area contributed by atoms with E-state index in [2.05, 4.69) is 10.1 Å². The highest BCUT2D eigenvalue weighted by Gasteiger charge is 2.13. The highest BCUT2D eigenvalue weighted by atomic mass is 19.1. The fourth-order valence-electron chi connectivity index (χ4n) is 1.52. The third kappa shape index (κ3) is 2.30. The Hall–Kier alpha value is -2.24. The molecule has 0 bridgehead atoms. The lowest BCUT2D eigenvalue weighted by Gasteiger charge is -1.99. The Morgan fingerprint density at radius 2 is 2.35 bits per heavy atom. The molecule has 5 nitrogen and oxygen atoms in total. The number of rotatable bonds is 4. The van der Waals surface area contributed by atoms with Gasteiger partial charge in [0, 0.05) is 18.0 Å². The summed E-state index contributed by atoms with van der Waals surface area (Å²) in [4.78, 5) is 15.1. The highest BCUT2D eigenvalue weighted by Crippen LogP contribution is 2.17. The van der Waals surface area contributed by atoms with Crippen LogP contribution in [-0.4, -0.2) is 27.3 Å². The number of halogens is 1. The van der Waals surface area contributed by atoms with Crippen LogP contribution in [0.4, 0.5) is 4.39 Å². The largest absolute Gasteiger partial charge is 0.364 e.